The number of rotatable bonds is 11. The van der Waals surface area contributed by atoms with Gasteiger partial charge in [0.2, 0.25) is 0 Å². The summed E-state index contributed by atoms with van der Waals surface area (Å²) in [6.07, 6.45) is 6.40. The van der Waals surface area contributed by atoms with Gasteiger partial charge in [0.25, 0.3) is 0 Å². The van der Waals surface area contributed by atoms with Crippen molar-refractivity contribution in [1.82, 2.24) is 23.9 Å². The zero-order valence-electron chi connectivity index (χ0n) is 27.5. The average Bonchev–Trinajstić information content (AvgIpc) is 3.99. The Kier molecular flexibility index (Phi) is 10.2. The average molecular weight is 765 g/mol. The van der Waals surface area contributed by atoms with Gasteiger partial charge in [-0.25, -0.2) is 19.0 Å². The van der Waals surface area contributed by atoms with Crippen molar-refractivity contribution in [3.63, 3.8) is 0 Å². The second kappa shape index (κ2) is 15.3. The first-order valence-electron chi connectivity index (χ1n) is 16.7. The molecule has 3 aliphatic heterocycles. The van der Waals surface area contributed by atoms with Gasteiger partial charge < -0.3 is 24.0 Å². The number of hydrogen-bond donors (Lipinski definition) is 0. The fourth-order valence-electron chi connectivity index (χ4n) is 6.40. The van der Waals surface area contributed by atoms with E-state index in [0.29, 0.717) is 33.5 Å². The molecule has 15 heteroatoms. The van der Waals surface area contributed by atoms with E-state index in [4.69, 9.17) is 37.7 Å². The fourth-order valence-corrected chi connectivity index (χ4v) is 9.66. The number of halogens is 2. The summed E-state index contributed by atoms with van der Waals surface area (Å²) in [5.74, 6) is 3.65. The van der Waals surface area contributed by atoms with Crippen LogP contribution in [-0.4, -0.2) is 72.8 Å². The van der Waals surface area contributed by atoms with Crippen molar-refractivity contribution in [2.75, 3.05) is 54.1 Å². The molecule has 0 aliphatic carbocycles. The largest absolute Gasteiger partial charge is 0.489 e. The lowest BCUT2D eigenvalue weighted by Crippen LogP contribution is -2.46. The van der Waals surface area contributed by atoms with E-state index in [9.17, 15) is 4.79 Å². The van der Waals surface area contributed by atoms with E-state index >= 15 is 0 Å². The van der Waals surface area contributed by atoms with Gasteiger partial charge in [0.15, 0.2) is 11.9 Å². The van der Waals surface area contributed by atoms with Gasteiger partial charge in [-0.05, 0) is 60.7 Å². The molecule has 3 aliphatic rings. The molecule has 0 amide bonds. The number of anilines is 2. The molecule has 1 unspecified atom stereocenters. The normalized spacial score (nSPS) is 18.1. The number of ether oxygens (including phenoxy) is 1. The maximum absolute atomic E-state index is 13.0. The van der Waals surface area contributed by atoms with Crippen molar-refractivity contribution in [3.8, 4) is 11.4 Å². The van der Waals surface area contributed by atoms with Crippen LogP contribution in [0.1, 0.15) is 11.7 Å². The highest BCUT2D eigenvalue weighted by Crippen LogP contribution is 2.40. The van der Waals surface area contributed by atoms with Crippen LogP contribution >= 0.6 is 46.7 Å². The van der Waals surface area contributed by atoms with E-state index in [0.717, 1.165) is 71.6 Å². The Hall–Kier alpha value is -4.01. The molecule has 0 radical (unpaired) electrons. The molecule has 5 heterocycles. The van der Waals surface area contributed by atoms with E-state index in [1.165, 1.54) is 0 Å². The molecule has 2 fully saturated rings. The lowest BCUT2D eigenvalue weighted by atomic mass is 10.0. The number of allylic oxidation sites excluding steroid dienone is 1. The monoisotopic (exact) mass is 763 g/mol. The number of aromatic nitrogens is 5. The minimum Gasteiger partial charge on any atom is -0.489 e. The molecule has 2 aromatic heterocycles. The Balaban J connectivity index is 0.877. The lowest BCUT2D eigenvalue weighted by molar-refractivity contribution is -0.268. The minimum atomic E-state index is -0.535. The molecule has 0 N–H and O–H groups in total. The molecule has 8 rings (SSSR count). The van der Waals surface area contributed by atoms with Crippen molar-refractivity contribution in [2.45, 2.75) is 23.8 Å². The highest BCUT2D eigenvalue weighted by Gasteiger charge is 2.33. The predicted molar refractivity (Wildman–Crippen MR) is 204 cm³/mol. The van der Waals surface area contributed by atoms with Crippen molar-refractivity contribution in [1.29, 1.82) is 0 Å². The smallest absolute Gasteiger partial charge is 0.350 e. The van der Waals surface area contributed by atoms with Crippen molar-refractivity contribution < 1.29 is 14.5 Å². The Bertz CT molecular complexity index is 2040. The second-order valence-electron chi connectivity index (χ2n) is 12.3. The molecule has 3 aromatic carbocycles. The number of imidazole rings is 1. The Labute approximate surface area is 313 Å². The summed E-state index contributed by atoms with van der Waals surface area (Å²) in [5.41, 5.74) is 4.60. The van der Waals surface area contributed by atoms with Gasteiger partial charge in [-0.3, -0.25) is 0 Å². The van der Waals surface area contributed by atoms with Crippen LogP contribution in [0.25, 0.3) is 5.69 Å². The minimum absolute atomic E-state index is 0.0954. The van der Waals surface area contributed by atoms with Crippen LogP contribution < -0.4 is 20.2 Å². The molecule has 0 saturated carbocycles. The zero-order valence-corrected chi connectivity index (χ0v) is 30.7. The summed E-state index contributed by atoms with van der Waals surface area (Å²) >= 11 is 16.5. The maximum atomic E-state index is 13.0. The Morgan fingerprint density at radius 1 is 0.863 bits per heavy atom. The van der Waals surface area contributed by atoms with E-state index < -0.39 is 6.10 Å². The summed E-state index contributed by atoms with van der Waals surface area (Å²) < 4.78 is 11.8. The summed E-state index contributed by atoms with van der Waals surface area (Å²) in [4.78, 5) is 33.3. The first kappa shape index (κ1) is 34.1. The molecule has 2 saturated heterocycles. The summed E-state index contributed by atoms with van der Waals surface area (Å²) in [7, 11) is 0. The maximum Gasteiger partial charge on any atom is 0.350 e. The van der Waals surface area contributed by atoms with Crippen LogP contribution in [0.4, 0.5) is 11.4 Å². The second-order valence-corrected chi connectivity index (χ2v) is 16.1. The molecule has 11 nitrogen and oxygen atoms in total. The van der Waals surface area contributed by atoms with Crippen LogP contribution in [0.15, 0.2) is 108 Å². The Morgan fingerprint density at radius 3 is 2.22 bits per heavy atom. The van der Waals surface area contributed by atoms with Crippen LogP contribution in [0.5, 0.6) is 5.75 Å². The molecule has 0 spiro atoms. The van der Waals surface area contributed by atoms with E-state index in [1.54, 1.807) is 40.2 Å². The van der Waals surface area contributed by atoms with Crippen molar-refractivity contribution in [3.05, 3.63) is 129 Å². The van der Waals surface area contributed by atoms with Crippen LogP contribution in [-0.2, 0) is 22.9 Å². The highest BCUT2D eigenvalue weighted by molar-refractivity contribution is 8.20. The van der Waals surface area contributed by atoms with Crippen molar-refractivity contribution >= 4 is 58.1 Å². The molecular weight excluding hydrogens is 729 g/mol. The van der Waals surface area contributed by atoms with Gasteiger partial charge in [0, 0.05) is 82.6 Å². The van der Waals surface area contributed by atoms with E-state index in [1.807, 2.05) is 64.6 Å². The molecule has 0 bridgehead atoms. The van der Waals surface area contributed by atoms with Crippen LogP contribution in [0.2, 0.25) is 10.0 Å². The molecule has 51 heavy (non-hydrogen) atoms. The Morgan fingerprint density at radius 2 is 1.55 bits per heavy atom. The number of hydrogen-bond acceptors (Lipinski definition) is 10. The third-order valence-electron chi connectivity index (χ3n) is 9.17. The lowest BCUT2D eigenvalue weighted by Gasteiger charge is -2.37. The third kappa shape index (κ3) is 7.63. The quantitative estimate of drug-likeness (QED) is 0.135. The topological polar surface area (TPSA) is 91.8 Å². The summed E-state index contributed by atoms with van der Waals surface area (Å²) in [6, 6.07) is 21.7. The van der Waals surface area contributed by atoms with Gasteiger partial charge in [0.05, 0.1) is 29.7 Å². The highest BCUT2D eigenvalue weighted by atomic mass is 35.5. The first-order chi connectivity index (χ1) is 25.0. The fraction of sp³-hybridized carbons (Fsp3) is 0.306. The molecular formula is C36H35Cl2N7O4S2. The molecule has 1 atom stereocenters. The van der Waals surface area contributed by atoms with Gasteiger partial charge >= 0.3 is 5.69 Å². The predicted octanol–water partition coefficient (Wildman–Crippen LogP) is 6.71. The number of piperazine rings is 1. The van der Waals surface area contributed by atoms with Gasteiger partial charge in [-0.2, -0.15) is 9.99 Å². The van der Waals surface area contributed by atoms with E-state index in [-0.39, 0.29) is 12.3 Å². The molecule has 5 aromatic rings. The number of nitrogens with zero attached hydrogens (tertiary/aromatic N) is 7. The third-order valence-corrected chi connectivity index (χ3v) is 12.7. The zero-order chi connectivity index (χ0) is 34.7. The summed E-state index contributed by atoms with van der Waals surface area (Å²) in [5, 5.41) is 5.41. The van der Waals surface area contributed by atoms with Gasteiger partial charge in [0.1, 0.15) is 18.7 Å². The standard InChI is InChI=1S/C36H35Cl2N7O4S2/c37-25-1-10-30(32(38)19-25)35-31(33(48-49-35)20-41-12-11-39-23-41)22-47-29-8-6-27(7-9-29)43-15-13-42(14-16-43)26-2-4-28(5-3-26)44-24-40-45(36(44)46)21-34-50-17-18-51-34/h1-12,19,23-24,34-35H,13-18,20-22H2. The van der Waals surface area contributed by atoms with Gasteiger partial charge in [-0.1, -0.05) is 29.3 Å². The first-order valence-corrected chi connectivity index (χ1v) is 19.5. The summed E-state index contributed by atoms with van der Waals surface area (Å²) in [6.45, 7) is 4.87. The van der Waals surface area contributed by atoms with Crippen LogP contribution in [0.3, 0.4) is 0 Å². The number of benzene rings is 3. The SMILES string of the molecule is O=c1n(-c2ccc(N3CCN(c4ccc(OCC5=C(Cn6ccnc6)OOC5c5ccc(Cl)cc5Cl)cc4)CC3)cc2)cnn1CC1SCCS1. The van der Waals surface area contributed by atoms with E-state index in [2.05, 4.69) is 44.1 Å². The molecule has 264 valence electrons. The van der Waals surface area contributed by atoms with Crippen LogP contribution in [0, 0.1) is 0 Å². The van der Waals surface area contributed by atoms with Gasteiger partial charge in [-0.15, -0.1) is 23.5 Å². The number of thioether (sulfide) groups is 2. The van der Waals surface area contributed by atoms with Crippen molar-refractivity contribution in [2.24, 2.45) is 0 Å².